The molecule has 0 fully saturated rings. The standard InChI is InChI=1S/C25H16F3N5O3S/c26-25(27,28)18-11-12-21(37(35,36)19-9-5-2-6-10-19)17(13-18)15-30-33-24-31-22(16-7-3-1-4-8-16)20(14-29)23(34)32-24/h1-13,15H,(H2,31,32,33,34). The van der Waals surface area contributed by atoms with Crippen molar-refractivity contribution in [2.24, 2.45) is 5.10 Å². The van der Waals surface area contributed by atoms with Gasteiger partial charge in [-0.15, -0.1) is 0 Å². The van der Waals surface area contributed by atoms with Crippen molar-refractivity contribution in [3.63, 3.8) is 0 Å². The molecule has 12 heteroatoms. The number of H-pyrrole nitrogens is 1. The van der Waals surface area contributed by atoms with Gasteiger partial charge in [0, 0.05) is 11.1 Å². The first kappa shape index (κ1) is 25.3. The summed E-state index contributed by atoms with van der Waals surface area (Å²) in [6.07, 6.45) is -3.85. The van der Waals surface area contributed by atoms with Gasteiger partial charge < -0.3 is 0 Å². The summed E-state index contributed by atoms with van der Waals surface area (Å²) in [5.41, 5.74) is 0.515. The third-order valence-corrected chi connectivity index (χ3v) is 6.98. The van der Waals surface area contributed by atoms with Crippen LogP contribution in [0.4, 0.5) is 19.1 Å². The molecule has 3 aromatic carbocycles. The fraction of sp³-hybridized carbons (Fsp3) is 0.0400. The number of benzene rings is 3. The molecular weight excluding hydrogens is 507 g/mol. The van der Waals surface area contributed by atoms with Gasteiger partial charge in [-0.2, -0.15) is 23.5 Å². The molecule has 2 N–H and O–H groups in total. The van der Waals surface area contributed by atoms with Crippen LogP contribution in [0.3, 0.4) is 0 Å². The molecule has 0 spiro atoms. The molecule has 0 unspecified atom stereocenters. The average molecular weight is 523 g/mol. The van der Waals surface area contributed by atoms with Crippen LogP contribution in [0, 0.1) is 11.3 Å². The minimum atomic E-state index is -4.73. The second kappa shape index (κ2) is 10.1. The lowest BCUT2D eigenvalue weighted by Gasteiger charge is -2.12. The topological polar surface area (TPSA) is 128 Å². The maximum Gasteiger partial charge on any atom is 0.416 e. The lowest BCUT2D eigenvalue weighted by Crippen LogP contribution is -2.16. The molecule has 186 valence electrons. The van der Waals surface area contributed by atoms with E-state index in [1.807, 2.05) is 0 Å². The van der Waals surface area contributed by atoms with E-state index in [4.69, 9.17) is 0 Å². The number of anilines is 1. The number of aromatic nitrogens is 2. The van der Waals surface area contributed by atoms with Crippen LogP contribution in [-0.2, 0) is 16.0 Å². The fourth-order valence-corrected chi connectivity index (χ4v) is 4.83. The second-order valence-corrected chi connectivity index (χ2v) is 9.47. The minimum absolute atomic E-state index is 0.0657. The Morgan fingerprint density at radius 2 is 1.65 bits per heavy atom. The highest BCUT2D eigenvalue weighted by molar-refractivity contribution is 7.91. The van der Waals surface area contributed by atoms with Gasteiger partial charge in [0.2, 0.25) is 15.8 Å². The lowest BCUT2D eigenvalue weighted by molar-refractivity contribution is -0.137. The molecule has 0 saturated carbocycles. The van der Waals surface area contributed by atoms with E-state index in [9.17, 15) is 31.6 Å². The van der Waals surface area contributed by atoms with Gasteiger partial charge in [-0.25, -0.2) is 18.8 Å². The Morgan fingerprint density at radius 1 is 1.00 bits per heavy atom. The van der Waals surface area contributed by atoms with Crippen molar-refractivity contribution in [1.29, 1.82) is 5.26 Å². The number of nitriles is 1. The van der Waals surface area contributed by atoms with Crippen LogP contribution in [0.5, 0.6) is 0 Å². The molecule has 1 heterocycles. The van der Waals surface area contributed by atoms with Gasteiger partial charge in [0.15, 0.2) is 0 Å². The van der Waals surface area contributed by atoms with E-state index < -0.39 is 32.0 Å². The monoisotopic (exact) mass is 523 g/mol. The SMILES string of the molecule is N#Cc1c(-c2ccccc2)nc(NN=Cc2cc(C(F)(F)F)ccc2S(=O)(=O)c2ccccc2)[nH]c1=O. The number of hydrogen-bond donors (Lipinski definition) is 2. The summed E-state index contributed by atoms with van der Waals surface area (Å²) in [6.45, 7) is 0. The number of aromatic amines is 1. The van der Waals surface area contributed by atoms with Gasteiger partial charge in [-0.1, -0.05) is 48.5 Å². The zero-order chi connectivity index (χ0) is 26.6. The molecule has 0 atom stereocenters. The summed E-state index contributed by atoms with van der Waals surface area (Å²) in [5.74, 6) is -0.210. The highest BCUT2D eigenvalue weighted by Gasteiger charge is 2.32. The molecule has 4 rings (SSSR count). The highest BCUT2D eigenvalue weighted by Crippen LogP contribution is 2.32. The number of hydrogen-bond acceptors (Lipinski definition) is 7. The summed E-state index contributed by atoms with van der Waals surface area (Å²) in [4.78, 5) is 18.4. The smallest absolute Gasteiger partial charge is 0.290 e. The molecule has 8 nitrogen and oxygen atoms in total. The van der Waals surface area contributed by atoms with Gasteiger partial charge in [-0.05, 0) is 30.3 Å². The average Bonchev–Trinajstić information content (AvgIpc) is 2.89. The quantitative estimate of drug-likeness (QED) is 0.281. The van der Waals surface area contributed by atoms with E-state index in [-0.39, 0.29) is 27.7 Å². The molecule has 0 aliphatic rings. The Bertz CT molecular complexity index is 1680. The van der Waals surface area contributed by atoms with Crippen molar-refractivity contribution in [2.75, 3.05) is 5.43 Å². The first-order valence-corrected chi connectivity index (χ1v) is 12.0. The second-order valence-electron chi connectivity index (χ2n) is 7.55. The Labute approximate surface area is 208 Å². The largest absolute Gasteiger partial charge is 0.416 e. The van der Waals surface area contributed by atoms with Crippen LogP contribution < -0.4 is 11.0 Å². The van der Waals surface area contributed by atoms with Crippen LogP contribution in [-0.4, -0.2) is 24.6 Å². The normalized spacial score (nSPS) is 11.8. The van der Waals surface area contributed by atoms with Crippen molar-refractivity contribution in [3.8, 4) is 17.3 Å². The van der Waals surface area contributed by atoms with Crippen molar-refractivity contribution in [3.05, 3.63) is 106 Å². The molecule has 0 aliphatic carbocycles. The molecule has 0 aliphatic heterocycles. The lowest BCUT2D eigenvalue weighted by atomic mass is 10.1. The third-order valence-electron chi connectivity index (χ3n) is 5.13. The zero-order valence-electron chi connectivity index (χ0n) is 18.7. The van der Waals surface area contributed by atoms with E-state index in [0.717, 1.165) is 12.3 Å². The maximum atomic E-state index is 13.3. The predicted molar refractivity (Wildman–Crippen MR) is 130 cm³/mol. The first-order chi connectivity index (χ1) is 17.6. The molecule has 0 bridgehead atoms. The number of sulfone groups is 1. The van der Waals surface area contributed by atoms with Crippen LogP contribution in [0.15, 0.2) is 98.5 Å². The molecule has 4 aromatic rings. The Hall–Kier alpha value is -4.76. The summed E-state index contributed by atoms with van der Waals surface area (Å²) >= 11 is 0. The fourth-order valence-electron chi connectivity index (χ4n) is 3.39. The summed E-state index contributed by atoms with van der Waals surface area (Å²) < 4.78 is 66.2. The Balaban J connectivity index is 1.75. The number of hydrazone groups is 1. The highest BCUT2D eigenvalue weighted by atomic mass is 32.2. The molecule has 37 heavy (non-hydrogen) atoms. The van der Waals surface area contributed by atoms with Gasteiger partial charge in [0.25, 0.3) is 5.56 Å². The number of halogens is 3. The molecular formula is C25H16F3N5O3S. The number of nitrogens with one attached hydrogen (secondary N) is 2. The number of rotatable bonds is 6. The van der Waals surface area contributed by atoms with Gasteiger partial charge in [0.1, 0.15) is 11.6 Å². The van der Waals surface area contributed by atoms with Gasteiger partial charge in [0.05, 0.1) is 27.3 Å². The van der Waals surface area contributed by atoms with Crippen LogP contribution in [0.1, 0.15) is 16.7 Å². The first-order valence-electron chi connectivity index (χ1n) is 10.5. The van der Waals surface area contributed by atoms with Crippen LogP contribution in [0.2, 0.25) is 0 Å². The van der Waals surface area contributed by atoms with E-state index in [1.54, 1.807) is 42.5 Å². The maximum absolute atomic E-state index is 13.3. The third kappa shape index (κ3) is 5.41. The van der Waals surface area contributed by atoms with E-state index in [1.165, 1.54) is 24.3 Å². The van der Waals surface area contributed by atoms with E-state index >= 15 is 0 Å². The molecule has 0 radical (unpaired) electrons. The van der Waals surface area contributed by atoms with Crippen molar-refractivity contribution in [1.82, 2.24) is 9.97 Å². The van der Waals surface area contributed by atoms with Crippen molar-refractivity contribution < 1.29 is 21.6 Å². The van der Waals surface area contributed by atoms with E-state index in [0.29, 0.717) is 17.7 Å². The Morgan fingerprint density at radius 3 is 2.27 bits per heavy atom. The molecule has 0 saturated heterocycles. The van der Waals surface area contributed by atoms with Crippen molar-refractivity contribution in [2.45, 2.75) is 16.0 Å². The molecule has 0 amide bonds. The van der Waals surface area contributed by atoms with Gasteiger partial charge in [-0.3, -0.25) is 9.78 Å². The zero-order valence-corrected chi connectivity index (χ0v) is 19.5. The molecule has 1 aromatic heterocycles. The summed E-state index contributed by atoms with van der Waals surface area (Å²) in [6, 6.07) is 19.6. The number of alkyl halides is 3. The van der Waals surface area contributed by atoms with E-state index in [2.05, 4.69) is 20.5 Å². The summed E-state index contributed by atoms with van der Waals surface area (Å²) in [5, 5.41) is 13.2. The minimum Gasteiger partial charge on any atom is -0.290 e. The van der Waals surface area contributed by atoms with Crippen molar-refractivity contribution >= 4 is 22.0 Å². The predicted octanol–water partition coefficient (Wildman–Crippen LogP) is 4.61. The van der Waals surface area contributed by atoms with Gasteiger partial charge >= 0.3 is 6.18 Å². The van der Waals surface area contributed by atoms with Crippen LogP contribution >= 0.6 is 0 Å². The van der Waals surface area contributed by atoms with Crippen LogP contribution in [0.25, 0.3) is 11.3 Å². The number of nitrogens with zero attached hydrogens (tertiary/aromatic N) is 3. The Kier molecular flexibility index (Phi) is 6.90. The summed E-state index contributed by atoms with van der Waals surface area (Å²) in [7, 11) is -4.18.